The summed E-state index contributed by atoms with van der Waals surface area (Å²) in [5.74, 6) is -0.643. The molecule has 2 N–H and O–H groups in total. The number of rotatable bonds is 1. The lowest BCUT2D eigenvalue weighted by Crippen LogP contribution is -2.61. The molecule has 1 aromatic rings. The van der Waals surface area contributed by atoms with Crippen LogP contribution in [0, 0.1) is 5.82 Å². The number of aromatic nitrogens is 1. The first kappa shape index (κ1) is 17.3. The number of hydrogen-bond donors (Lipinski definition) is 1. The van der Waals surface area contributed by atoms with E-state index < -0.39 is 17.0 Å². The lowest BCUT2D eigenvalue weighted by atomic mass is 9.99. The van der Waals surface area contributed by atoms with Crippen molar-refractivity contribution in [3.8, 4) is 0 Å². The van der Waals surface area contributed by atoms with Gasteiger partial charge in [-0.2, -0.15) is 0 Å². The van der Waals surface area contributed by atoms with Crippen LogP contribution in [0.3, 0.4) is 0 Å². The van der Waals surface area contributed by atoms with Crippen LogP contribution in [0.25, 0.3) is 0 Å². The maximum absolute atomic E-state index is 13.6. The lowest BCUT2D eigenvalue weighted by molar-refractivity contribution is 0.000369. The predicted octanol–water partition coefficient (Wildman–Crippen LogP) is 2.64. The molecule has 0 spiro atoms. The van der Waals surface area contributed by atoms with Crippen LogP contribution in [-0.4, -0.2) is 46.8 Å². The van der Waals surface area contributed by atoms with Crippen molar-refractivity contribution in [1.82, 2.24) is 9.88 Å². The van der Waals surface area contributed by atoms with Gasteiger partial charge in [0.2, 0.25) is 0 Å². The Morgan fingerprint density at radius 2 is 2.04 bits per heavy atom. The van der Waals surface area contributed by atoms with Crippen molar-refractivity contribution in [1.29, 1.82) is 0 Å². The number of nitrogens with zero attached hydrogens (tertiary/aromatic N) is 3. The van der Waals surface area contributed by atoms with Crippen LogP contribution in [0.4, 0.5) is 20.7 Å². The Labute approximate surface area is 136 Å². The van der Waals surface area contributed by atoms with Crippen LogP contribution >= 0.6 is 0 Å². The summed E-state index contributed by atoms with van der Waals surface area (Å²) in [5, 5.41) is 0. The van der Waals surface area contributed by atoms with Gasteiger partial charge >= 0.3 is 6.09 Å². The molecule has 0 unspecified atom stereocenters. The molecule has 128 valence electrons. The molecule has 7 heteroatoms. The fourth-order valence-electron chi connectivity index (χ4n) is 2.64. The van der Waals surface area contributed by atoms with E-state index in [1.807, 2.05) is 39.5 Å². The maximum atomic E-state index is 13.6. The summed E-state index contributed by atoms with van der Waals surface area (Å²) in [5.41, 5.74) is 5.10. The maximum Gasteiger partial charge on any atom is 0.410 e. The third kappa shape index (κ3) is 4.03. The highest BCUT2D eigenvalue weighted by atomic mass is 19.1. The van der Waals surface area contributed by atoms with Crippen LogP contribution < -0.4 is 10.6 Å². The third-order valence-corrected chi connectivity index (χ3v) is 3.74. The quantitative estimate of drug-likeness (QED) is 0.860. The zero-order valence-electron chi connectivity index (χ0n) is 14.4. The minimum atomic E-state index is -0.533. The number of piperazine rings is 1. The van der Waals surface area contributed by atoms with E-state index >= 15 is 0 Å². The number of carbonyl (C=O) groups excluding carboxylic acids is 1. The van der Waals surface area contributed by atoms with Crippen LogP contribution in [0.5, 0.6) is 0 Å². The van der Waals surface area contributed by atoms with E-state index in [-0.39, 0.29) is 11.9 Å². The highest BCUT2D eigenvalue weighted by molar-refractivity contribution is 5.70. The first-order chi connectivity index (χ1) is 10.5. The molecular formula is C16H25FN4O2. The number of anilines is 2. The average Bonchev–Trinajstić information content (AvgIpc) is 2.38. The second kappa shape index (κ2) is 5.86. The van der Waals surface area contributed by atoms with E-state index in [9.17, 15) is 9.18 Å². The molecule has 0 aliphatic carbocycles. The molecule has 1 fully saturated rings. The molecule has 0 aromatic carbocycles. The highest BCUT2D eigenvalue weighted by Gasteiger charge is 2.39. The van der Waals surface area contributed by atoms with E-state index in [1.54, 1.807) is 11.1 Å². The molecule has 1 aromatic heterocycles. The molecule has 2 rings (SSSR count). The number of carbonyl (C=O) groups is 1. The first-order valence-corrected chi connectivity index (χ1v) is 7.66. The van der Waals surface area contributed by atoms with Crippen LogP contribution in [-0.2, 0) is 4.74 Å². The molecule has 0 radical (unpaired) electrons. The van der Waals surface area contributed by atoms with E-state index in [1.165, 1.54) is 6.07 Å². The summed E-state index contributed by atoms with van der Waals surface area (Å²) in [4.78, 5) is 19.9. The molecule has 6 nitrogen and oxygen atoms in total. The van der Waals surface area contributed by atoms with Gasteiger partial charge < -0.3 is 15.4 Å². The van der Waals surface area contributed by atoms with E-state index in [0.717, 1.165) is 0 Å². The second-order valence-corrected chi connectivity index (χ2v) is 7.43. The minimum Gasteiger partial charge on any atom is -0.444 e. The summed E-state index contributed by atoms with van der Waals surface area (Å²) in [6, 6.07) is 1.38. The number of halogens is 1. The summed E-state index contributed by atoms with van der Waals surface area (Å²) in [7, 11) is 0. The Hall–Kier alpha value is -2.05. The monoisotopic (exact) mass is 324 g/mol. The molecule has 0 bridgehead atoms. The third-order valence-electron chi connectivity index (χ3n) is 3.74. The highest BCUT2D eigenvalue weighted by Crippen LogP contribution is 2.27. The summed E-state index contributed by atoms with van der Waals surface area (Å²) in [6.45, 7) is 11.1. The van der Waals surface area contributed by atoms with E-state index in [2.05, 4.69) is 4.98 Å². The number of ether oxygens (including phenoxy) is 1. The van der Waals surface area contributed by atoms with Gasteiger partial charge in [-0.3, -0.25) is 4.90 Å². The zero-order chi connectivity index (χ0) is 17.4. The Balaban J connectivity index is 2.13. The van der Waals surface area contributed by atoms with Crippen LogP contribution in [0.15, 0.2) is 12.3 Å². The molecule has 0 atom stereocenters. The van der Waals surface area contributed by atoms with Gasteiger partial charge in [0, 0.05) is 25.7 Å². The Kier molecular flexibility index (Phi) is 4.41. The van der Waals surface area contributed by atoms with Gasteiger partial charge in [-0.05, 0) is 34.6 Å². The SMILES string of the molecule is CC(C)(C)OC(=O)N1CCN(c2cnc(N)c(F)c2)CC1(C)C. The molecule has 1 aliphatic heterocycles. The van der Waals surface area contributed by atoms with Crippen molar-refractivity contribution in [3.63, 3.8) is 0 Å². The Bertz CT molecular complexity index is 598. The van der Waals surface area contributed by atoms with Gasteiger partial charge in [0.15, 0.2) is 11.6 Å². The smallest absolute Gasteiger partial charge is 0.410 e. The van der Waals surface area contributed by atoms with Gasteiger partial charge in [0.25, 0.3) is 0 Å². The zero-order valence-corrected chi connectivity index (χ0v) is 14.4. The number of nitrogens with two attached hydrogens (primary N) is 1. The largest absolute Gasteiger partial charge is 0.444 e. The molecule has 2 heterocycles. The molecule has 0 saturated carbocycles. The lowest BCUT2D eigenvalue weighted by Gasteiger charge is -2.47. The predicted molar refractivity (Wildman–Crippen MR) is 87.8 cm³/mol. The average molecular weight is 324 g/mol. The molecule has 1 aliphatic rings. The van der Waals surface area contributed by atoms with Crippen LogP contribution in [0.1, 0.15) is 34.6 Å². The molecule has 1 amide bonds. The van der Waals surface area contributed by atoms with Gasteiger partial charge in [0.05, 0.1) is 17.4 Å². The fraction of sp³-hybridized carbons (Fsp3) is 0.625. The number of hydrogen-bond acceptors (Lipinski definition) is 5. The van der Waals surface area contributed by atoms with Crippen molar-refractivity contribution in [2.24, 2.45) is 0 Å². The Morgan fingerprint density at radius 1 is 1.39 bits per heavy atom. The number of pyridine rings is 1. The summed E-state index contributed by atoms with van der Waals surface area (Å²) < 4.78 is 19.1. The summed E-state index contributed by atoms with van der Waals surface area (Å²) >= 11 is 0. The van der Waals surface area contributed by atoms with E-state index in [4.69, 9.17) is 10.5 Å². The topological polar surface area (TPSA) is 71.7 Å². The van der Waals surface area contributed by atoms with Gasteiger partial charge in [0.1, 0.15) is 5.60 Å². The van der Waals surface area contributed by atoms with Crippen molar-refractivity contribution in [3.05, 3.63) is 18.1 Å². The number of nitrogen functional groups attached to an aromatic ring is 1. The molecule has 23 heavy (non-hydrogen) atoms. The van der Waals surface area contributed by atoms with Crippen LogP contribution in [0.2, 0.25) is 0 Å². The molecule has 1 saturated heterocycles. The van der Waals surface area contributed by atoms with Crippen molar-refractivity contribution in [2.75, 3.05) is 30.3 Å². The normalized spacial score (nSPS) is 18.0. The first-order valence-electron chi connectivity index (χ1n) is 7.66. The van der Waals surface area contributed by atoms with Crippen molar-refractivity contribution >= 4 is 17.6 Å². The number of amides is 1. The van der Waals surface area contributed by atoms with Crippen molar-refractivity contribution < 1.29 is 13.9 Å². The van der Waals surface area contributed by atoms with Crippen molar-refractivity contribution in [2.45, 2.75) is 45.8 Å². The summed E-state index contributed by atoms with van der Waals surface area (Å²) in [6.07, 6.45) is 1.22. The Morgan fingerprint density at radius 3 is 2.57 bits per heavy atom. The van der Waals surface area contributed by atoms with E-state index in [0.29, 0.717) is 25.3 Å². The molecular weight excluding hydrogens is 299 g/mol. The van der Waals surface area contributed by atoms with Gasteiger partial charge in [-0.15, -0.1) is 0 Å². The van der Waals surface area contributed by atoms with Gasteiger partial charge in [-0.25, -0.2) is 14.2 Å². The van der Waals surface area contributed by atoms with Gasteiger partial charge in [-0.1, -0.05) is 0 Å². The minimum absolute atomic E-state index is 0.111. The fourth-order valence-corrected chi connectivity index (χ4v) is 2.64. The second-order valence-electron chi connectivity index (χ2n) is 7.43. The standard InChI is InChI=1S/C16H25FN4O2/c1-15(2,3)23-14(22)21-7-6-20(10-16(21,4)5)11-8-12(17)13(18)19-9-11/h8-9H,6-7,10H2,1-5H3,(H2,18,19).